The van der Waals surface area contributed by atoms with Crippen LogP contribution < -0.4 is 5.73 Å². The number of fused-ring (bicyclic) bond motifs is 1. The van der Waals surface area contributed by atoms with Gasteiger partial charge in [0.2, 0.25) is 5.91 Å². The van der Waals surface area contributed by atoms with Crippen LogP contribution in [0.3, 0.4) is 0 Å². The number of amides is 1. The predicted molar refractivity (Wildman–Crippen MR) is 109 cm³/mol. The van der Waals surface area contributed by atoms with E-state index in [1.807, 2.05) is 23.4 Å². The minimum atomic E-state index is -0.231. The molecule has 0 bridgehead atoms. The summed E-state index contributed by atoms with van der Waals surface area (Å²) in [6, 6.07) is 8.41. The van der Waals surface area contributed by atoms with E-state index in [9.17, 15) is 4.79 Å². The Morgan fingerprint density at radius 3 is 2.93 bits per heavy atom. The highest BCUT2D eigenvalue weighted by Crippen LogP contribution is 2.38. The van der Waals surface area contributed by atoms with Gasteiger partial charge in [-0.3, -0.25) is 14.8 Å². The van der Waals surface area contributed by atoms with E-state index in [-0.39, 0.29) is 11.4 Å². The molecule has 142 valence electrons. The van der Waals surface area contributed by atoms with E-state index in [1.54, 1.807) is 7.05 Å². The van der Waals surface area contributed by atoms with Crippen LogP contribution in [0.1, 0.15) is 49.7 Å². The summed E-state index contributed by atoms with van der Waals surface area (Å²) >= 11 is 0. The normalized spacial score (nSPS) is 24.5. The van der Waals surface area contributed by atoms with Crippen molar-refractivity contribution in [3.63, 3.8) is 0 Å². The van der Waals surface area contributed by atoms with Crippen molar-refractivity contribution in [3.05, 3.63) is 41.6 Å². The maximum absolute atomic E-state index is 12.8. The molecule has 5 nitrogen and oxygen atoms in total. The molecule has 4 rings (SSSR count). The number of benzene rings is 1. The summed E-state index contributed by atoms with van der Waals surface area (Å²) < 4.78 is 0. The Morgan fingerprint density at radius 2 is 2.19 bits per heavy atom. The van der Waals surface area contributed by atoms with Gasteiger partial charge in [-0.15, -0.1) is 0 Å². The molecule has 1 aromatic heterocycles. The van der Waals surface area contributed by atoms with Crippen molar-refractivity contribution in [2.75, 3.05) is 20.1 Å². The van der Waals surface area contributed by atoms with Crippen molar-refractivity contribution in [1.29, 1.82) is 0 Å². The number of likely N-dealkylation sites (tertiary alicyclic amines) is 1. The first kappa shape index (κ1) is 18.1. The zero-order valence-corrected chi connectivity index (χ0v) is 16.2. The van der Waals surface area contributed by atoms with Gasteiger partial charge >= 0.3 is 0 Å². The molecule has 2 aromatic rings. The molecule has 1 amide bonds. The van der Waals surface area contributed by atoms with Gasteiger partial charge in [-0.25, -0.2) is 0 Å². The molecule has 1 aromatic carbocycles. The van der Waals surface area contributed by atoms with Crippen molar-refractivity contribution in [1.82, 2.24) is 9.88 Å². The summed E-state index contributed by atoms with van der Waals surface area (Å²) in [6.45, 7) is 3.84. The Kier molecular flexibility index (Phi) is 4.72. The van der Waals surface area contributed by atoms with Gasteiger partial charge in [0.05, 0.1) is 5.52 Å². The highest BCUT2D eigenvalue weighted by Gasteiger charge is 2.42. The van der Waals surface area contributed by atoms with Gasteiger partial charge in [-0.2, -0.15) is 0 Å². The molecule has 1 saturated carbocycles. The van der Waals surface area contributed by atoms with Crippen LogP contribution in [0.4, 0.5) is 0 Å². The third kappa shape index (κ3) is 3.74. The fourth-order valence-corrected chi connectivity index (χ4v) is 4.35. The monoisotopic (exact) mass is 364 g/mol. The van der Waals surface area contributed by atoms with Crippen molar-refractivity contribution < 1.29 is 4.79 Å². The van der Waals surface area contributed by atoms with Gasteiger partial charge < -0.3 is 10.6 Å². The fraction of sp³-hybridized carbons (Fsp3) is 0.500. The highest BCUT2D eigenvalue weighted by molar-refractivity contribution is 5.99. The first-order chi connectivity index (χ1) is 13.0. The van der Waals surface area contributed by atoms with Gasteiger partial charge in [-0.1, -0.05) is 25.1 Å². The van der Waals surface area contributed by atoms with Gasteiger partial charge in [0.15, 0.2) is 0 Å². The lowest BCUT2D eigenvalue weighted by Gasteiger charge is -2.37. The van der Waals surface area contributed by atoms with Crippen molar-refractivity contribution in [2.24, 2.45) is 16.6 Å². The van der Waals surface area contributed by atoms with E-state index < -0.39 is 0 Å². The predicted octanol–water partition coefficient (Wildman–Crippen LogP) is 3.12. The molecular formula is C22H28N4O. The summed E-state index contributed by atoms with van der Waals surface area (Å²) in [4.78, 5) is 23.6. The second-order valence-electron chi connectivity index (χ2n) is 8.41. The lowest BCUT2D eigenvalue weighted by molar-refractivity contribution is -0.133. The van der Waals surface area contributed by atoms with Crippen molar-refractivity contribution in [2.45, 2.75) is 44.1 Å². The molecule has 2 fully saturated rings. The van der Waals surface area contributed by atoms with Crippen LogP contribution >= 0.6 is 0 Å². The number of pyridine rings is 1. The Bertz CT molecular complexity index is 887. The van der Waals surface area contributed by atoms with Gasteiger partial charge in [-0.05, 0) is 36.8 Å². The second-order valence-corrected chi connectivity index (χ2v) is 8.41. The molecule has 27 heavy (non-hydrogen) atoms. The first-order valence-corrected chi connectivity index (χ1v) is 9.85. The highest BCUT2D eigenvalue weighted by atomic mass is 16.2. The maximum atomic E-state index is 12.8. The molecule has 0 spiro atoms. The zero-order valence-electron chi connectivity index (χ0n) is 16.2. The van der Waals surface area contributed by atoms with Crippen molar-refractivity contribution >= 4 is 23.0 Å². The third-order valence-electron chi connectivity index (χ3n) is 5.95. The molecule has 1 saturated heterocycles. The summed E-state index contributed by atoms with van der Waals surface area (Å²) in [7, 11) is 1.78. The smallest absolute Gasteiger partial charge is 0.224 e. The Morgan fingerprint density at radius 1 is 1.37 bits per heavy atom. The average Bonchev–Trinajstić information content (AvgIpc) is 3.38. The molecular weight excluding hydrogens is 336 g/mol. The Balaban J connectivity index is 1.64. The van der Waals surface area contributed by atoms with Crippen LogP contribution in [0.25, 0.3) is 10.9 Å². The van der Waals surface area contributed by atoms with Crippen LogP contribution in [0.2, 0.25) is 0 Å². The van der Waals surface area contributed by atoms with Crippen LogP contribution in [0.15, 0.2) is 35.5 Å². The lowest BCUT2D eigenvalue weighted by Crippen LogP contribution is -2.44. The average molecular weight is 364 g/mol. The van der Waals surface area contributed by atoms with Crippen LogP contribution in [-0.4, -0.2) is 47.7 Å². The molecule has 5 heteroatoms. The minimum absolute atomic E-state index is 0.212. The van der Waals surface area contributed by atoms with Gasteiger partial charge in [0.1, 0.15) is 0 Å². The van der Waals surface area contributed by atoms with E-state index >= 15 is 0 Å². The topological polar surface area (TPSA) is 71.6 Å². The third-order valence-corrected chi connectivity index (χ3v) is 5.95. The summed E-state index contributed by atoms with van der Waals surface area (Å²) in [5, 5.41) is 1.17. The maximum Gasteiger partial charge on any atom is 0.224 e. The van der Waals surface area contributed by atoms with Gasteiger partial charge in [0, 0.05) is 61.4 Å². The van der Waals surface area contributed by atoms with Crippen LogP contribution in [0.5, 0.6) is 0 Å². The van der Waals surface area contributed by atoms with E-state index in [0.29, 0.717) is 18.3 Å². The Hall–Kier alpha value is -2.27. The van der Waals surface area contributed by atoms with E-state index in [2.05, 4.69) is 35.1 Å². The summed E-state index contributed by atoms with van der Waals surface area (Å²) in [6.07, 6.45) is 7.21. The van der Waals surface area contributed by atoms with E-state index in [0.717, 1.165) is 43.4 Å². The number of hydrogen-bond donors (Lipinski definition) is 1. The molecule has 1 aliphatic carbocycles. The number of hydrogen-bond acceptors (Lipinski definition) is 4. The van der Waals surface area contributed by atoms with Gasteiger partial charge in [0.25, 0.3) is 0 Å². The SMILES string of the molecule is CN=Cc1ccc([C@H]2C[C@H](C)CN(C(=O)CC3(N)CC3)C2)c2cccnc12. The molecule has 0 unspecified atom stereocenters. The number of carbonyl (C=O) groups excluding carboxylic acids is 1. The van der Waals surface area contributed by atoms with E-state index in [4.69, 9.17) is 5.73 Å². The second kappa shape index (κ2) is 7.04. The standard InChI is InChI=1S/C22H28N4O/c1-15-10-17(14-26(13-15)20(27)11-22(23)7-8-22)18-6-5-16(12-24-2)21-19(18)4-3-9-25-21/h3-6,9,12,15,17H,7-8,10-11,13-14,23H2,1-2H3/t15-,17-/m0/s1. The zero-order chi connectivity index (χ0) is 19.0. The number of piperidine rings is 1. The number of nitrogens with zero attached hydrogens (tertiary/aromatic N) is 3. The lowest BCUT2D eigenvalue weighted by atomic mass is 9.83. The number of rotatable bonds is 4. The summed E-state index contributed by atoms with van der Waals surface area (Å²) in [5.41, 5.74) is 9.25. The Labute approximate surface area is 160 Å². The molecule has 1 aliphatic heterocycles. The fourth-order valence-electron chi connectivity index (χ4n) is 4.35. The molecule has 2 aliphatic rings. The number of aliphatic imine (C=N–C) groups is 1. The molecule has 2 N–H and O–H groups in total. The molecule has 2 atom stereocenters. The number of nitrogens with two attached hydrogens (primary N) is 1. The largest absolute Gasteiger partial charge is 0.342 e. The quantitative estimate of drug-likeness (QED) is 0.847. The number of aromatic nitrogens is 1. The minimum Gasteiger partial charge on any atom is -0.342 e. The molecule has 0 radical (unpaired) electrons. The van der Waals surface area contributed by atoms with E-state index in [1.165, 1.54) is 10.9 Å². The molecule has 2 heterocycles. The van der Waals surface area contributed by atoms with Crippen LogP contribution in [0, 0.1) is 5.92 Å². The summed E-state index contributed by atoms with van der Waals surface area (Å²) in [5.74, 6) is 1.01. The van der Waals surface area contributed by atoms with Crippen LogP contribution in [-0.2, 0) is 4.79 Å². The first-order valence-electron chi connectivity index (χ1n) is 9.85. The van der Waals surface area contributed by atoms with Crippen molar-refractivity contribution in [3.8, 4) is 0 Å². The number of carbonyl (C=O) groups is 1.